The summed E-state index contributed by atoms with van der Waals surface area (Å²) in [5, 5.41) is 16.1. The molecule has 0 N–H and O–H groups in total. The molecule has 0 saturated heterocycles. The Bertz CT molecular complexity index is 1010. The second kappa shape index (κ2) is 8.18. The topological polar surface area (TPSA) is 82.5 Å². The zero-order valence-electron chi connectivity index (χ0n) is 16.0. The Labute approximate surface area is 168 Å². The minimum Gasteiger partial charge on any atom is -0.539 e. The number of ether oxygens (including phenoxy) is 1. The quantitative estimate of drug-likeness (QED) is 0.456. The highest BCUT2D eigenvalue weighted by Gasteiger charge is 2.35. The Hall–Kier alpha value is -3.61. The first-order chi connectivity index (χ1) is 14.2. The van der Waals surface area contributed by atoms with Gasteiger partial charge in [0.25, 0.3) is 5.69 Å². The smallest absolute Gasteiger partial charge is 0.259 e. The van der Waals surface area contributed by atoms with Crippen LogP contribution in [0.4, 0.5) is 0 Å². The normalized spacial score (nSPS) is 13.6. The van der Waals surface area contributed by atoms with E-state index < -0.39 is 5.95 Å². The van der Waals surface area contributed by atoms with E-state index in [1.165, 1.54) is 4.68 Å². The summed E-state index contributed by atoms with van der Waals surface area (Å²) < 4.78 is 11.5. The van der Waals surface area contributed by atoms with E-state index in [0.717, 1.165) is 18.4 Å². The van der Waals surface area contributed by atoms with Gasteiger partial charge in [0.1, 0.15) is 12.3 Å². The minimum atomic E-state index is -0.550. The molecule has 29 heavy (non-hydrogen) atoms. The molecule has 4 rings (SSSR count). The molecule has 0 bridgehead atoms. The van der Waals surface area contributed by atoms with Gasteiger partial charge < -0.3 is 19.3 Å². The van der Waals surface area contributed by atoms with Crippen molar-refractivity contribution in [3.8, 4) is 17.4 Å². The molecular formula is C22H21N3O4. The van der Waals surface area contributed by atoms with Gasteiger partial charge in [-0.25, -0.2) is 0 Å². The molecule has 0 aliphatic heterocycles. The number of amides is 1. The van der Waals surface area contributed by atoms with Crippen molar-refractivity contribution in [1.82, 2.24) is 10.2 Å². The van der Waals surface area contributed by atoms with Gasteiger partial charge in [-0.1, -0.05) is 30.3 Å². The summed E-state index contributed by atoms with van der Waals surface area (Å²) >= 11 is 0. The molecule has 0 atom stereocenters. The molecule has 1 aliphatic rings. The lowest BCUT2D eigenvalue weighted by molar-refractivity contribution is -0.678. The number of aromatic nitrogens is 2. The Morgan fingerprint density at radius 2 is 1.97 bits per heavy atom. The molecule has 1 saturated carbocycles. The van der Waals surface area contributed by atoms with Crippen LogP contribution in [0.15, 0.2) is 65.2 Å². The van der Waals surface area contributed by atoms with Crippen molar-refractivity contribution in [3.63, 3.8) is 0 Å². The summed E-state index contributed by atoms with van der Waals surface area (Å²) in [5.74, 6) is 0.00659. The van der Waals surface area contributed by atoms with Gasteiger partial charge in [0, 0.05) is 24.3 Å². The van der Waals surface area contributed by atoms with Crippen molar-refractivity contribution in [3.05, 3.63) is 71.9 Å². The average Bonchev–Trinajstić information content (AvgIpc) is 3.54. The molecule has 0 spiro atoms. The average molecular weight is 391 g/mol. The Kier molecular flexibility index (Phi) is 5.29. The van der Waals surface area contributed by atoms with E-state index in [4.69, 9.17) is 9.26 Å². The van der Waals surface area contributed by atoms with Crippen molar-refractivity contribution in [2.45, 2.75) is 25.4 Å². The number of nitrogens with zero attached hydrogens (tertiary/aromatic N) is 3. The maximum absolute atomic E-state index is 12.8. The van der Waals surface area contributed by atoms with Crippen LogP contribution >= 0.6 is 0 Å². The second-order valence-electron chi connectivity index (χ2n) is 6.86. The van der Waals surface area contributed by atoms with Gasteiger partial charge >= 0.3 is 0 Å². The molecule has 1 heterocycles. The Morgan fingerprint density at radius 3 is 2.62 bits per heavy atom. The van der Waals surface area contributed by atoms with E-state index in [1.807, 2.05) is 30.3 Å². The van der Waals surface area contributed by atoms with E-state index in [-0.39, 0.29) is 18.5 Å². The van der Waals surface area contributed by atoms with Gasteiger partial charge in [-0.05, 0) is 41.3 Å². The van der Waals surface area contributed by atoms with Gasteiger partial charge in [0.2, 0.25) is 11.6 Å². The Balaban J connectivity index is 1.57. The fourth-order valence-corrected chi connectivity index (χ4v) is 3.09. The highest BCUT2D eigenvalue weighted by Crippen LogP contribution is 2.29. The van der Waals surface area contributed by atoms with Gasteiger partial charge in [0.15, 0.2) is 5.95 Å². The summed E-state index contributed by atoms with van der Waals surface area (Å²) in [6, 6.07) is 16.9. The van der Waals surface area contributed by atoms with E-state index >= 15 is 0 Å². The Morgan fingerprint density at radius 1 is 1.24 bits per heavy atom. The number of hydrogen-bond acceptors (Lipinski definition) is 5. The number of benzene rings is 2. The zero-order valence-corrected chi connectivity index (χ0v) is 16.0. The lowest BCUT2D eigenvalue weighted by Gasteiger charge is -2.18. The first-order valence-corrected chi connectivity index (χ1v) is 9.42. The highest BCUT2D eigenvalue weighted by atomic mass is 16.6. The van der Waals surface area contributed by atoms with Crippen LogP contribution in [0.2, 0.25) is 0 Å². The van der Waals surface area contributed by atoms with Crippen LogP contribution in [-0.4, -0.2) is 29.2 Å². The molecule has 7 heteroatoms. The summed E-state index contributed by atoms with van der Waals surface area (Å²) in [5.41, 5.74) is 1.91. The summed E-state index contributed by atoms with van der Waals surface area (Å²) in [6.07, 6.45) is 5.17. The molecule has 1 aliphatic carbocycles. The van der Waals surface area contributed by atoms with E-state index in [0.29, 0.717) is 17.1 Å². The molecule has 148 valence electrons. The summed E-state index contributed by atoms with van der Waals surface area (Å²) in [6.45, 7) is 0.136. The molecule has 3 aromatic rings. The van der Waals surface area contributed by atoms with Crippen LogP contribution in [-0.2, 0) is 11.3 Å². The van der Waals surface area contributed by atoms with Crippen LogP contribution < -0.4 is 14.5 Å². The first-order valence-electron chi connectivity index (χ1n) is 9.42. The van der Waals surface area contributed by atoms with Gasteiger partial charge in [-0.3, -0.25) is 4.79 Å². The van der Waals surface area contributed by atoms with Gasteiger partial charge in [-0.2, -0.15) is 0 Å². The number of rotatable bonds is 7. The van der Waals surface area contributed by atoms with Crippen LogP contribution in [0.1, 0.15) is 24.1 Å². The largest absolute Gasteiger partial charge is 0.539 e. The van der Waals surface area contributed by atoms with Crippen LogP contribution in [0.5, 0.6) is 11.7 Å². The first kappa shape index (κ1) is 18.7. The van der Waals surface area contributed by atoms with E-state index in [2.05, 4.69) is 5.27 Å². The maximum Gasteiger partial charge on any atom is 0.259 e. The number of methoxy groups -OCH3 is 1. The molecule has 0 unspecified atom stereocenters. The molecule has 1 aromatic heterocycles. The van der Waals surface area contributed by atoms with Crippen molar-refractivity contribution in [2.24, 2.45) is 0 Å². The summed E-state index contributed by atoms with van der Waals surface area (Å²) in [7, 11) is 1.58. The van der Waals surface area contributed by atoms with Crippen LogP contribution in [0.3, 0.4) is 0 Å². The van der Waals surface area contributed by atoms with Crippen LogP contribution in [0.25, 0.3) is 11.8 Å². The molecule has 7 nitrogen and oxygen atoms in total. The van der Waals surface area contributed by atoms with Gasteiger partial charge in [-0.15, -0.1) is 0 Å². The molecule has 0 radical (unpaired) electrons. The highest BCUT2D eigenvalue weighted by molar-refractivity contribution is 5.92. The third kappa shape index (κ3) is 4.29. The predicted molar refractivity (Wildman–Crippen MR) is 103 cm³/mol. The lowest BCUT2D eigenvalue weighted by Crippen LogP contribution is -2.41. The molecular weight excluding hydrogens is 370 g/mol. The standard InChI is InChI=1S/C22H21N3O4/c1-28-19-12-10-18(11-13-19)25-20(22(27)29-23-25)15-24(17-8-9-17)21(26)14-7-16-5-3-2-4-6-16/h2-7,10-14,17H,8-9,15H2,1H3/b14-7+. The fourth-order valence-electron chi connectivity index (χ4n) is 3.09. The predicted octanol–water partition coefficient (Wildman–Crippen LogP) is 2.24. The maximum atomic E-state index is 12.8. The fraction of sp³-hybridized carbons (Fsp3) is 0.227. The third-order valence-corrected chi connectivity index (χ3v) is 4.82. The zero-order chi connectivity index (χ0) is 20.2. The van der Waals surface area contributed by atoms with E-state index in [1.54, 1.807) is 48.4 Å². The lowest BCUT2D eigenvalue weighted by atomic mass is 10.2. The molecule has 2 aromatic carbocycles. The minimum absolute atomic E-state index is 0.126. The van der Waals surface area contributed by atoms with Crippen molar-refractivity contribution >= 4 is 12.0 Å². The number of carbonyl (C=O) groups is 1. The van der Waals surface area contributed by atoms with Crippen molar-refractivity contribution in [2.75, 3.05) is 7.11 Å². The van der Waals surface area contributed by atoms with Crippen molar-refractivity contribution in [1.29, 1.82) is 0 Å². The number of hydrogen-bond donors (Lipinski definition) is 0. The molecule has 1 fully saturated rings. The van der Waals surface area contributed by atoms with Gasteiger partial charge in [0.05, 0.1) is 12.4 Å². The summed E-state index contributed by atoms with van der Waals surface area (Å²) in [4.78, 5) is 14.5. The SMILES string of the molecule is COc1ccc(-[n+]2noc([O-])c2CN(C(=O)/C=C/c2ccccc2)C2CC2)cc1. The molecule has 1 amide bonds. The van der Waals surface area contributed by atoms with E-state index in [9.17, 15) is 9.90 Å². The second-order valence-corrected chi connectivity index (χ2v) is 6.86. The monoisotopic (exact) mass is 391 g/mol. The van der Waals surface area contributed by atoms with Crippen molar-refractivity contribution < 1.29 is 23.8 Å². The third-order valence-electron chi connectivity index (χ3n) is 4.82. The van der Waals surface area contributed by atoms with Crippen LogP contribution in [0, 0.1) is 0 Å². The number of carbonyl (C=O) groups excluding carboxylic acids is 1.